The third kappa shape index (κ3) is 2.48. The van der Waals surface area contributed by atoms with Crippen LogP contribution >= 0.6 is 71.3 Å². The normalized spacial score (nSPS) is 10.5. The van der Waals surface area contributed by atoms with E-state index in [-0.39, 0.29) is 36.5 Å². The highest BCUT2D eigenvalue weighted by Crippen LogP contribution is 2.42. The standard InChI is InChI=1S/C8H4Cl4OS2/c9-4-2(1-14)3(8(13)15)5(10)7(12)6(4)11/h14H,1H2,(H,13,15). The number of hydrogen-bond donors (Lipinski definition) is 2. The molecule has 1 aromatic carbocycles. The molecule has 0 amide bonds. The lowest BCUT2D eigenvalue weighted by Crippen LogP contribution is -2.03. The number of hydrogen-bond acceptors (Lipinski definition) is 2. The zero-order valence-electron chi connectivity index (χ0n) is 7.02. The monoisotopic (exact) mass is 320 g/mol. The highest BCUT2D eigenvalue weighted by molar-refractivity contribution is 7.80. The summed E-state index contributed by atoms with van der Waals surface area (Å²) in [6, 6.07) is 0. The van der Waals surface area contributed by atoms with Crippen LogP contribution in [-0.4, -0.2) is 10.2 Å². The first kappa shape index (κ1) is 13.7. The van der Waals surface area contributed by atoms with Gasteiger partial charge in [0.2, 0.25) is 0 Å². The minimum Gasteiger partial charge on any atom is -0.498 e. The maximum Gasteiger partial charge on any atom is 0.190 e. The molecule has 0 atom stereocenters. The molecule has 1 nitrogen and oxygen atoms in total. The molecule has 0 unspecified atom stereocenters. The predicted molar refractivity (Wildman–Crippen MR) is 73.5 cm³/mol. The van der Waals surface area contributed by atoms with E-state index in [2.05, 4.69) is 24.8 Å². The number of aliphatic hydroxyl groups excluding tert-OH is 1. The Bertz CT molecular complexity index is 433. The van der Waals surface area contributed by atoms with E-state index in [0.717, 1.165) is 0 Å². The van der Waals surface area contributed by atoms with E-state index < -0.39 is 0 Å². The molecule has 0 aromatic heterocycles. The molecule has 7 heteroatoms. The van der Waals surface area contributed by atoms with Crippen LogP contribution in [0.5, 0.6) is 0 Å². The van der Waals surface area contributed by atoms with Gasteiger partial charge >= 0.3 is 0 Å². The maximum absolute atomic E-state index is 9.31. The SMILES string of the molecule is OC(=S)c1c(Cl)c(Cl)c(Cl)c(Cl)c1CS. The molecule has 0 saturated heterocycles. The molecule has 0 fully saturated rings. The molecule has 0 bridgehead atoms. The Balaban J connectivity index is 3.70. The lowest BCUT2D eigenvalue weighted by atomic mass is 10.1. The number of halogens is 4. The number of benzene rings is 1. The van der Waals surface area contributed by atoms with Crippen LogP contribution in [0.3, 0.4) is 0 Å². The van der Waals surface area contributed by atoms with Gasteiger partial charge in [-0.1, -0.05) is 46.4 Å². The molecule has 1 aromatic rings. The summed E-state index contributed by atoms with van der Waals surface area (Å²) in [6.07, 6.45) is 0. The Morgan fingerprint density at radius 3 is 1.93 bits per heavy atom. The third-order valence-electron chi connectivity index (χ3n) is 1.74. The van der Waals surface area contributed by atoms with Gasteiger partial charge in [-0.15, -0.1) is 0 Å². The van der Waals surface area contributed by atoms with Crippen LogP contribution in [0.4, 0.5) is 0 Å². The zero-order valence-corrected chi connectivity index (χ0v) is 11.8. The first-order valence-electron chi connectivity index (χ1n) is 3.60. The molecular weight excluding hydrogens is 318 g/mol. The molecular formula is C8H4Cl4OS2. The Hall–Kier alpha value is 0.620. The predicted octanol–water partition coefficient (Wildman–Crippen LogP) is 4.96. The van der Waals surface area contributed by atoms with Crippen molar-refractivity contribution in [1.29, 1.82) is 0 Å². The summed E-state index contributed by atoms with van der Waals surface area (Å²) in [6.45, 7) is 0. The van der Waals surface area contributed by atoms with Crippen molar-refractivity contribution in [2.75, 3.05) is 0 Å². The Kier molecular flexibility index (Phi) is 4.84. The number of aliphatic hydroxyl groups is 1. The van der Waals surface area contributed by atoms with Gasteiger partial charge in [-0.25, -0.2) is 0 Å². The van der Waals surface area contributed by atoms with Crippen LogP contribution in [0.15, 0.2) is 0 Å². The molecule has 82 valence electrons. The van der Waals surface area contributed by atoms with Crippen LogP contribution in [0.25, 0.3) is 0 Å². The number of thiocarbonyl (C=S) groups is 1. The molecule has 1 N–H and O–H groups in total. The second kappa shape index (κ2) is 5.30. The van der Waals surface area contributed by atoms with Crippen molar-refractivity contribution >= 4 is 76.3 Å². The van der Waals surface area contributed by atoms with Gasteiger partial charge in [-0.05, 0) is 17.8 Å². The number of thiol groups is 1. The van der Waals surface area contributed by atoms with Crippen LogP contribution < -0.4 is 0 Å². The van der Waals surface area contributed by atoms with Gasteiger partial charge in [0.1, 0.15) is 0 Å². The zero-order chi connectivity index (χ0) is 11.7. The molecule has 0 saturated carbocycles. The summed E-state index contributed by atoms with van der Waals surface area (Å²) >= 11 is 32.2. The second-order valence-corrected chi connectivity index (χ2v) is 4.79. The average Bonchev–Trinajstić information content (AvgIpc) is 2.19. The maximum atomic E-state index is 9.31. The highest BCUT2D eigenvalue weighted by atomic mass is 35.5. The van der Waals surface area contributed by atoms with Crippen LogP contribution in [0.1, 0.15) is 11.1 Å². The fraction of sp³-hybridized carbons (Fsp3) is 0.125. The molecule has 0 aliphatic rings. The Morgan fingerprint density at radius 1 is 1.07 bits per heavy atom. The summed E-state index contributed by atoms with van der Waals surface area (Å²) in [5.74, 6) is 0.242. The van der Waals surface area contributed by atoms with E-state index in [1.165, 1.54) is 0 Å². The van der Waals surface area contributed by atoms with Crippen molar-refractivity contribution in [3.05, 3.63) is 31.2 Å². The van der Waals surface area contributed by atoms with Gasteiger partial charge in [0.15, 0.2) is 5.05 Å². The number of rotatable bonds is 2. The second-order valence-electron chi connectivity index (χ2n) is 2.57. The van der Waals surface area contributed by atoms with Gasteiger partial charge in [0.25, 0.3) is 0 Å². The summed E-state index contributed by atoms with van der Waals surface area (Å²) in [5, 5.41) is 9.41. The smallest absolute Gasteiger partial charge is 0.190 e. The van der Waals surface area contributed by atoms with Crippen molar-refractivity contribution in [2.24, 2.45) is 0 Å². The molecule has 0 aliphatic heterocycles. The molecule has 0 spiro atoms. The summed E-state index contributed by atoms with van der Waals surface area (Å²) in [5.41, 5.74) is 0.674. The van der Waals surface area contributed by atoms with Gasteiger partial charge in [0.05, 0.1) is 25.7 Å². The fourth-order valence-corrected chi connectivity index (χ4v) is 2.79. The van der Waals surface area contributed by atoms with E-state index in [9.17, 15) is 5.11 Å². The highest BCUT2D eigenvalue weighted by Gasteiger charge is 2.21. The minimum atomic E-state index is -0.385. The van der Waals surface area contributed by atoms with E-state index >= 15 is 0 Å². The van der Waals surface area contributed by atoms with E-state index in [1.807, 2.05) is 0 Å². The largest absolute Gasteiger partial charge is 0.498 e. The lowest BCUT2D eigenvalue weighted by Gasteiger charge is -2.13. The van der Waals surface area contributed by atoms with Crippen molar-refractivity contribution < 1.29 is 5.11 Å². The van der Waals surface area contributed by atoms with E-state index in [4.69, 9.17) is 46.4 Å². The molecule has 1 rings (SSSR count). The summed E-state index contributed by atoms with van der Waals surface area (Å²) < 4.78 is 0. The topological polar surface area (TPSA) is 20.2 Å². The molecule has 0 radical (unpaired) electrons. The minimum absolute atomic E-state index is 0.0697. The van der Waals surface area contributed by atoms with Crippen LogP contribution in [-0.2, 0) is 5.75 Å². The molecule has 15 heavy (non-hydrogen) atoms. The first-order valence-corrected chi connectivity index (χ1v) is 6.16. The van der Waals surface area contributed by atoms with Gasteiger partial charge in [-0.3, -0.25) is 0 Å². The summed E-state index contributed by atoms with van der Waals surface area (Å²) in [7, 11) is 0. The summed E-state index contributed by atoms with van der Waals surface area (Å²) in [4.78, 5) is 0. The fourth-order valence-electron chi connectivity index (χ4n) is 1.05. The molecule has 0 aliphatic carbocycles. The van der Waals surface area contributed by atoms with Gasteiger partial charge in [0, 0.05) is 5.75 Å². The van der Waals surface area contributed by atoms with Crippen molar-refractivity contribution in [3.8, 4) is 0 Å². The lowest BCUT2D eigenvalue weighted by molar-refractivity contribution is 0.570. The average molecular weight is 322 g/mol. The van der Waals surface area contributed by atoms with Crippen LogP contribution in [0.2, 0.25) is 20.1 Å². The van der Waals surface area contributed by atoms with E-state index in [0.29, 0.717) is 5.56 Å². The van der Waals surface area contributed by atoms with Gasteiger partial charge < -0.3 is 5.11 Å². The Morgan fingerprint density at radius 2 is 1.53 bits per heavy atom. The van der Waals surface area contributed by atoms with Crippen LogP contribution in [0, 0.1) is 0 Å². The first-order chi connectivity index (χ1) is 6.91. The van der Waals surface area contributed by atoms with Crippen molar-refractivity contribution in [2.45, 2.75) is 5.75 Å². The quantitative estimate of drug-likeness (QED) is 0.347. The molecule has 0 heterocycles. The van der Waals surface area contributed by atoms with Crippen molar-refractivity contribution in [1.82, 2.24) is 0 Å². The van der Waals surface area contributed by atoms with Gasteiger partial charge in [-0.2, -0.15) is 12.6 Å². The Labute approximate surface area is 118 Å². The third-order valence-corrected chi connectivity index (χ3v) is 4.10. The van der Waals surface area contributed by atoms with Crippen molar-refractivity contribution in [3.63, 3.8) is 0 Å². The van der Waals surface area contributed by atoms with E-state index in [1.54, 1.807) is 0 Å².